The number of hydrogen-bond donors (Lipinski definition) is 1. The van der Waals surface area contributed by atoms with Gasteiger partial charge in [-0.15, -0.1) is 0 Å². The van der Waals surface area contributed by atoms with Gasteiger partial charge in [0.2, 0.25) is 5.75 Å². The number of carboxylic acid groups (broad SMARTS) is 1. The van der Waals surface area contributed by atoms with E-state index in [4.69, 9.17) is 9.84 Å². The van der Waals surface area contributed by atoms with Crippen LogP contribution in [0.3, 0.4) is 0 Å². The highest BCUT2D eigenvalue weighted by Gasteiger charge is 2.20. The smallest absolute Gasteiger partial charge is 0.335 e. The summed E-state index contributed by atoms with van der Waals surface area (Å²) in [6.45, 7) is 1.99. The van der Waals surface area contributed by atoms with E-state index in [0.29, 0.717) is 6.42 Å². The van der Waals surface area contributed by atoms with Crippen molar-refractivity contribution < 1.29 is 24.4 Å². The second-order valence-corrected chi connectivity index (χ2v) is 4.18. The molecule has 0 atom stereocenters. The molecule has 1 N–H and O–H groups in total. The lowest BCUT2D eigenvalue weighted by molar-refractivity contribution is -0.385. The molecular weight excluding hydrogens is 266 g/mol. The molecule has 0 radical (unpaired) electrons. The van der Waals surface area contributed by atoms with Crippen molar-refractivity contribution in [3.05, 3.63) is 33.9 Å². The highest BCUT2D eigenvalue weighted by atomic mass is 16.6. The molecule has 0 aromatic heterocycles. The maximum absolute atomic E-state index is 11.5. The van der Waals surface area contributed by atoms with Gasteiger partial charge in [0.05, 0.1) is 10.5 Å². The zero-order valence-electron chi connectivity index (χ0n) is 11.0. The maximum Gasteiger partial charge on any atom is 0.335 e. The van der Waals surface area contributed by atoms with Gasteiger partial charge in [-0.05, 0) is 18.6 Å². The number of hydrogen-bond acceptors (Lipinski definition) is 5. The number of carbonyl (C=O) groups excluding carboxylic acids is 1. The first-order valence-electron chi connectivity index (χ1n) is 6.18. The van der Waals surface area contributed by atoms with Crippen LogP contribution in [0.4, 0.5) is 5.69 Å². The van der Waals surface area contributed by atoms with Crippen molar-refractivity contribution in [2.24, 2.45) is 0 Å². The van der Waals surface area contributed by atoms with Crippen molar-refractivity contribution in [2.75, 3.05) is 0 Å². The summed E-state index contributed by atoms with van der Waals surface area (Å²) in [6, 6.07) is 3.15. The number of nitro benzene ring substituents is 1. The summed E-state index contributed by atoms with van der Waals surface area (Å²) in [5.74, 6) is -2.08. The van der Waals surface area contributed by atoms with Crippen LogP contribution in [0.15, 0.2) is 18.2 Å². The largest absolute Gasteiger partial charge is 0.478 e. The lowest BCUT2D eigenvalue weighted by atomic mass is 10.2. The zero-order chi connectivity index (χ0) is 15.1. The molecule has 1 rings (SSSR count). The summed E-state index contributed by atoms with van der Waals surface area (Å²) < 4.78 is 4.91. The summed E-state index contributed by atoms with van der Waals surface area (Å²) in [7, 11) is 0. The Balaban J connectivity index is 2.86. The van der Waals surface area contributed by atoms with Gasteiger partial charge in [-0.2, -0.15) is 0 Å². The summed E-state index contributed by atoms with van der Waals surface area (Å²) >= 11 is 0. The number of nitro groups is 1. The monoisotopic (exact) mass is 281 g/mol. The Morgan fingerprint density at radius 1 is 1.35 bits per heavy atom. The standard InChI is InChI=1S/C13H15NO6/c1-2-3-4-5-12(15)20-11-7-6-9(13(16)17)8-10(11)14(18)19/h6-8H,2-5H2,1H3,(H,16,17). The lowest BCUT2D eigenvalue weighted by Gasteiger charge is -2.05. The topological polar surface area (TPSA) is 107 Å². The van der Waals surface area contributed by atoms with E-state index in [1.807, 2.05) is 6.92 Å². The molecule has 0 aliphatic rings. The van der Waals surface area contributed by atoms with E-state index in [0.717, 1.165) is 31.0 Å². The summed E-state index contributed by atoms with van der Waals surface area (Å²) in [5, 5.41) is 19.6. The molecule has 0 fully saturated rings. The molecular formula is C13H15NO6. The molecule has 0 saturated heterocycles. The van der Waals surface area contributed by atoms with Crippen LogP contribution >= 0.6 is 0 Å². The Bertz CT molecular complexity index is 526. The SMILES string of the molecule is CCCCCC(=O)Oc1ccc(C(=O)O)cc1[N+](=O)[O-]. The van der Waals surface area contributed by atoms with Gasteiger partial charge in [0.1, 0.15) is 0 Å². The molecule has 0 amide bonds. The number of esters is 1. The molecule has 108 valence electrons. The third kappa shape index (κ3) is 4.34. The van der Waals surface area contributed by atoms with Crippen molar-refractivity contribution in [3.63, 3.8) is 0 Å². The van der Waals surface area contributed by atoms with Gasteiger partial charge < -0.3 is 9.84 Å². The third-order valence-electron chi connectivity index (χ3n) is 2.61. The number of nitrogens with zero attached hydrogens (tertiary/aromatic N) is 1. The molecule has 7 heteroatoms. The molecule has 7 nitrogen and oxygen atoms in total. The van der Waals surface area contributed by atoms with Crippen LogP contribution in [-0.4, -0.2) is 22.0 Å². The number of ether oxygens (including phenoxy) is 1. The molecule has 0 saturated carbocycles. The molecule has 0 heterocycles. The summed E-state index contributed by atoms with van der Waals surface area (Å²) in [4.78, 5) is 32.4. The van der Waals surface area contributed by atoms with Gasteiger partial charge in [-0.3, -0.25) is 14.9 Å². The van der Waals surface area contributed by atoms with Gasteiger partial charge in [0.15, 0.2) is 0 Å². The van der Waals surface area contributed by atoms with Crippen molar-refractivity contribution >= 4 is 17.6 Å². The van der Waals surface area contributed by atoms with E-state index in [2.05, 4.69) is 0 Å². The number of benzene rings is 1. The quantitative estimate of drug-likeness (QED) is 0.271. The van der Waals surface area contributed by atoms with Crippen LogP contribution in [-0.2, 0) is 4.79 Å². The molecule has 0 unspecified atom stereocenters. The molecule has 20 heavy (non-hydrogen) atoms. The number of carboxylic acids is 1. The van der Waals surface area contributed by atoms with E-state index in [1.54, 1.807) is 0 Å². The van der Waals surface area contributed by atoms with Crippen LogP contribution in [0, 0.1) is 10.1 Å². The van der Waals surface area contributed by atoms with E-state index in [9.17, 15) is 19.7 Å². The Labute approximate surface area is 115 Å². The molecule has 1 aromatic carbocycles. The second kappa shape index (κ2) is 7.22. The van der Waals surface area contributed by atoms with Gasteiger partial charge >= 0.3 is 17.6 Å². The highest BCUT2D eigenvalue weighted by molar-refractivity contribution is 5.89. The molecule has 0 aliphatic carbocycles. The minimum absolute atomic E-state index is 0.172. The van der Waals surface area contributed by atoms with Crippen molar-refractivity contribution in [1.29, 1.82) is 0 Å². The first-order chi connectivity index (χ1) is 9.45. The van der Waals surface area contributed by atoms with E-state index in [1.165, 1.54) is 0 Å². The van der Waals surface area contributed by atoms with Gasteiger partial charge in [-0.1, -0.05) is 19.8 Å². The van der Waals surface area contributed by atoms with Crippen LogP contribution in [0.1, 0.15) is 43.0 Å². The second-order valence-electron chi connectivity index (χ2n) is 4.18. The van der Waals surface area contributed by atoms with Crippen LogP contribution in [0.2, 0.25) is 0 Å². The zero-order valence-corrected chi connectivity index (χ0v) is 11.0. The Morgan fingerprint density at radius 3 is 2.60 bits per heavy atom. The molecule has 1 aromatic rings. The van der Waals surface area contributed by atoms with Gasteiger partial charge in [0.25, 0.3) is 0 Å². The number of unbranched alkanes of at least 4 members (excludes halogenated alkanes) is 2. The van der Waals surface area contributed by atoms with Gasteiger partial charge in [0, 0.05) is 12.5 Å². The Hall–Kier alpha value is -2.44. The fourth-order valence-electron chi connectivity index (χ4n) is 1.57. The van der Waals surface area contributed by atoms with E-state index in [-0.39, 0.29) is 17.7 Å². The van der Waals surface area contributed by atoms with Gasteiger partial charge in [-0.25, -0.2) is 4.79 Å². The third-order valence-corrected chi connectivity index (χ3v) is 2.61. The minimum Gasteiger partial charge on any atom is -0.478 e. The predicted molar refractivity (Wildman–Crippen MR) is 69.8 cm³/mol. The predicted octanol–water partition coefficient (Wildman–Crippen LogP) is 2.78. The lowest BCUT2D eigenvalue weighted by Crippen LogP contribution is -2.09. The average molecular weight is 281 g/mol. The number of carbonyl (C=O) groups is 2. The molecule has 0 spiro atoms. The minimum atomic E-state index is -1.28. The van der Waals surface area contributed by atoms with E-state index < -0.39 is 22.5 Å². The summed E-state index contributed by atoms with van der Waals surface area (Å²) in [5.41, 5.74) is -0.767. The first kappa shape index (κ1) is 15.6. The average Bonchev–Trinajstić information content (AvgIpc) is 2.38. The highest BCUT2D eigenvalue weighted by Crippen LogP contribution is 2.28. The molecule has 0 bridgehead atoms. The normalized spacial score (nSPS) is 10.1. The van der Waals surface area contributed by atoms with Crippen LogP contribution < -0.4 is 4.74 Å². The first-order valence-corrected chi connectivity index (χ1v) is 6.18. The maximum atomic E-state index is 11.5. The fourth-order valence-corrected chi connectivity index (χ4v) is 1.57. The van der Waals surface area contributed by atoms with E-state index >= 15 is 0 Å². The molecule has 0 aliphatic heterocycles. The fraction of sp³-hybridized carbons (Fsp3) is 0.385. The number of aromatic carboxylic acids is 1. The number of rotatable bonds is 7. The van der Waals surface area contributed by atoms with Crippen molar-refractivity contribution in [3.8, 4) is 5.75 Å². The summed E-state index contributed by atoms with van der Waals surface area (Å²) in [6.07, 6.45) is 2.64. The Kier molecular flexibility index (Phi) is 5.64. The van der Waals surface area contributed by atoms with Crippen molar-refractivity contribution in [2.45, 2.75) is 32.6 Å². The Morgan fingerprint density at radius 2 is 2.05 bits per heavy atom. The van der Waals surface area contributed by atoms with Crippen molar-refractivity contribution in [1.82, 2.24) is 0 Å². The van der Waals surface area contributed by atoms with Crippen LogP contribution in [0.5, 0.6) is 5.75 Å². The van der Waals surface area contributed by atoms with Crippen LogP contribution in [0.25, 0.3) is 0 Å².